The summed E-state index contributed by atoms with van der Waals surface area (Å²) in [4.78, 5) is 29.2. The van der Waals surface area contributed by atoms with E-state index in [0.717, 1.165) is 28.3 Å². The number of rotatable bonds is 7. The van der Waals surface area contributed by atoms with Crippen molar-refractivity contribution in [3.63, 3.8) is 0 Å². The Kier molecular flexibility index (Phi) is 7.10. The molecule has 1 N–H and O–H groups in total. The van der Waals surface area contributed by atoms with E-state index in [1.807, 2.05) is 39.0 Å². The molecule has 176 valence electrons. The molecule has 0 spiro atoms. The van der Waals surface area contributed by atoms with Crippen molar-refractivity contribution in [1.82, 2.24) is 14.9 Å². The number of pyridine rings is 2. The Morgan fingerprint density at radius 2 is 1.97 bits per heavy atom. The van der Waals surface area contributed by atoms with Crippen LogP contribution in [0.15, 0.2) is 42.0 Å². The summed E-state index contributed by atoms with van der Waals surface area (Å²) in [6.07, 6.45) is 5.26. The highest BCUT2D eigenvalue weighted by molar-refractivity contribution is 6.06. The van der Waals surface area contributed by atoms with E-state index >= 15 is 0 Å². The third kappa shape index (κ3) is 5.72. The van der Waals surface area contributed by atoms with Crippen LogP contribution in [0.5, 0.6) is 5.75 Å². The maximum absolute atomic E-state index is 12.8. The molecule has 3 rings (SSSR count). The molecule has 7 nitrogen and oxygen atoms in total. The molecule has 0 saturated heterocycles. The molecule has 0 aliphatic heterocycles. The van der Waals surface area contributed by atoms with Gasteiger partial charge >= 0.3 is 6.09 Å². The molecule has 0 aliphatic carbocycles. The van der Waals surface area contributed by atoms with Crippen molar-refractivity contribution >= 4 is 33.8 Å². The Morgan fingerprint density at radius 3 is 2.61 bits per heavy atom. The summed E-state index contributed by atoms with van der Waals surface area (Å²) in [5, 5.41) is 5.24. The van der Waals surface area contributed by atoms with Crippen molar-refractivity contribution in [3.8, 4) is 5.75 Å². The van der Waals surface area contributed by atoms with Crippen molar-refractivity contribution in [3.05, 3.63) is 53.1 Å². The summed E-state index contributed by atoms with van der Waals surface area (Å²) < 4.78 is 13.2. The van der Waals surface area contributed by atoms with Gasteiger partial charge in [-0.2, -0.15) is 0 Å². The van der Waals surface area contributed by atoms with Crippen LogP contribution in [0.1, 0.15) is 46.6 Å². The molecule has 7 heteroatoms. The minimum atomic E-state index is -0.579. The highest BCUT2D eigenvalue weighted by Gasteiger charge is 2.21. The van der Waals surface area contributed by atoms with E-state index in [0.29, 0.717) is 17.1 Å². The molecule has 33 heavy (non-hydrogen) atoms. The first kappa shape index (κ1) is 24.3. The summed E-state index contributed by atoms with van der Waals surface area (Å²) in [6.45, 7) is 13.9. The third-order valence-electron chi connectivity index (χ3n) is 5.27. The van der Waals surface area contributed by atoms with Crippen molar-refractivity contribution in [1.29, 1.82) is 0 Å². The molecule has 2 aromatic heterocycles. The fourth-order valence-electron chi connectivity index (χ4n) is 3.86. The van der Waals surface area contributed by atoms with Gasteiger partial charge in [-0.05, 0) is 50.6 Å². The standard InChI is InChI=1S/C26H33N3O4/c1-8-17-12-20-19-9-10-27-14-21(19)24(30)29(7)22(20)13-23(17)32-15-18(11-16(2)3)28-25(31)33-26(4,5)6/h8-10,12-14,16,18H,1,11,15H2,2-7H3,(H,28,31). The Morgan fingerprint density at radius 1 is 1.24 bits per heavy atom. The van der Waals surface area contributed by atoms with Crippen LogP contribution in [-0.2, 0) is 11.8 Å². The molecule has 0 fully saturated rings. The monoisotopic (exact) mass is 451 g/mol. The molecule has 2 heterocycles. The predicted octanol–water partition coefficient (Wildman–Crippen LogP) is 5.05. The molecule has 1 amide bonds. The average Bonchev–Trinajstić information content (AvgIpc) is 2.73. The van der Waals surface area contributed by atoms with Gasteiger partial charge in [-0.3, -0.25) is 9.78 Å². The van der Waals surface area contributed by atoms with Gasteiger partial charge in [0.05, 0.1) is 16.9 Å². The number of aromatic nitrogens is 2. The largest absolute Gasteiger partial charge is 0.491 e. The second kappa shape index (κ2) is 9.65. The second-order valence-electron chi connectivity index (χ2n) is 9.68. The van der Waals surface area contributed by atoms with Crippen LogP contribution < -0.4 is 15.6 Å². The summed E-state index contributed by atoms with van der Waals surface area (Å²) >= 11 is 0. The minimum absolute atomic E-state index is 0.118. The van der Waals surface area contributed by atoms with E-state index in [9.17, 15) is 9.59 Å². The van der Waals surface area contributed by atoms with E-state index in [2.05, 4.69) is 30.7 Å². The van der Waals surface area contributed by atoms with Gasteiger partial charge in [0, 0.05) is 36.5 Å². The number of carbonyl (C=O) groups excluding carboxylic acids is 1. The number of benzene rings is 1. The number of aryl methyl sites for hydroxylation is 1. The first-order chi connectivity index (χ1) is 15.5. The first-order valence-electron chi connectivity index (χ1n) is 11.2. The highest BCUT2D eigenvalue weighted by atomic mass is 16.6. The fourth-order valence-corrected chi connectivity index (χ4v) is 3.86. The van der Waals surface area contributed by atoms with Gasteiger partial charge in [-0.25, -0.2) is 4.79 Å². The molecule has 0 aliphatic rings. The summed E-state index contributed by atoms with van der Waals surface area (Å²) in [6, 6.07) is 5.43. The van der Waals surface area contributed by atoms with Crippen LogP contribution in [0.4, 0.5) is 4.79 Å². The van der Waals surface area contributed by atoms with Gasteiger partial charge in [0.15, 0.2) is 0 Å². The summed E-state index contributed by atoms with van der Waals surface area (Å²) in [5.41, 5.74) is 0.858. The number of alkyl carbamates (subject to hydrolysis) is 1. The number of carbonyl (C=O) groups is 1. The molecule has 3 aromatic rings. The van der Waals surface area contributed by atoms with Gasteiger partial charge in [0.2, 0.25) is 0 Å². The molecular formula is C26H33N3O4. The lowest BCUT2D eigenvalue weighted by atomic mass is 10.0. The minimum Gasteiger partial charge on any atom is -0.491 e. The van der Waals surface area contributed by atoms with E-state index < -0.39 is 11.7 Å². The van der Waals surface area contributed by atoms with Gasteiger partial charge in [0.1, 0.15) is 18.0 Å². The summed E-state index contributed by atoms with van der Waals surface area (Å²) in [5.74, 6) is 0.950. The summed E-state index contributed by atoms with van der Waals surface area (Å²) in [7, 11) is 1.74. The normalized spacial score (nSPS) is 12.7. The van der Waals surface area contributed by atoms with Crippen molar-refractivity contribution in [2.75, 3.05) is 6.61 Å². The van der Waals surface area contributed by atoms with Gasteiger partial charge in [-0.15, -0.1) is 0 Å². The Balaban J connectivity index is 1.94. The zero-order valence-electron chi connectivity index (χ0n) is 20.3. The molecule has 0 radical (unpaired) electrons. The molecule has 1 aromatic carbocycles. The predicted molar refractivity (Wildman–Crippen MR) is 133 cm³/mol. The van der Waals surface area contributed by atoms with Crippen molar-refractivity contribution in [2.45, 2.75) is 52.7 Å². The average molecular weight is 452 g/mol. The fraction of sp³-hybridized carbons (Fsp3) is 0.423. The number of nitrogens with one attached hydrogen (secondary N) is 1. The number of amides is 1. The lowest BCUT2D eigenvalue weighted by Crippen LogP contribution is -2.42. The van der Waals surface area contributed by atoms with E-state index in [-0.39, 0.29) is 18.2 Å². The van der Waals surface area contributed by atoms with Crippen LogP contribution in [0.25, 0.3) is 27.8 Å². The molecule has 1 atom stereocenters. The van der Waals surface area contributed by atoms with Gasteiger partial charge in [0.25, 0.3) is 5.56 Å². The molecular weight excluding hydrogens is 418 g/mol. The molecule has 1 unspecified atom stereocenters. The first-order valence-corrected chi connectivity index (χ1v) is 11.2. The molecule has 0 bridgehead atoms. The lowest BCUT2D eigenvalue weighted by molar-refractivity contribution is 0.0480. The SMILES string of the molecule is C=Cc1cc2c3ccncc3c(=O)n(C)c2cc1OCC(CC(C)C)NC(=O)OC(C)(C)C. The quantitative estimate of drug-likeness (QED) is 0.509. The number of hydrogen-bond acceptors (Lipinski definition) is 5. The number of fused-ring (bicyclic) bond motifs is 3. The second-order valence-corrected chi connectivity index (χ2v) is 9.68. The van der Waals surface area contributed by atoms with E-state index in [1.165, 1.54) is 0 Å². The van der Waals surface area contributed by atoms with Crippen LogP contribution >= 0.6 is 0 Å². The zero-order chi connectivity index (χ0) is 24.3. The Labute approximate surface area is 194 Å². The van der Waals surface area contributed by atoms with E-state index in [1.54, 1.807) is 30.1 Å². The topological polar surface area (TPSA) is 82.5 Å². The zero-order valence-corrected chi connectivity index (χ0v) is 20.3. The van der Waals surface area contributed by atoms with E-state index in [4.69, 9.17) is 9.47 Å². The van der Waals surface area contributed by atoms with Crippen LogP contribution in [0.3, 0.4) is 0 Å². The number of ether oxygens (including phenoxy) is 2. The Bertz CT molecular complexity index is 1240. The number of hydrogen-bond donors (Lipinski definition) is 1. The van der Waals surface area contributed by atoms with Crippen molar-refractivity contribution in [2.24, 2.45) is 13.0 Å². The van der Waals surface area contributed by atoms with Gasteiger partial charge < -0.3 is 19.4 Å². The van der Waals surface area contributed by atoms with Crippen LogP contribution in [0, 0.1) is 5.92 Å². The van der Waals surface area contributed by atoms with Crippen molar-refractivity contribution < 1.29 is 14.3 Å². The lowest BCUT2D eigenvalue weighted by Gasteiger charge is -2.25. The maximum atomic E-state index is 12.8. The van der Waals surface area contributed by atoms with Gasteiger partial charge in [-0.1, -0.05) is 26.5 Å². The number of nitrogens with zero attached hydrogens (tertiary/aromatic N) is 2. The smallest absolute Gasteiger partial charge is 0.407 e. The molecule has 0 saturated carbocycles. The highest BCUT2D eigenvalue weighted by Crippen LogP contribution is 2.30. The maximum Gasteiger partial charge on any atom is 0.407 e. The van der Waals surface area contributed by atoms with Crippen LogP contribution in [-0.4, -0.2) is 33.9 Å². The third-order valence-corrected chi connectivity index (χ3v) is 5.27. The van der Waals surface area contributed by atoms with Crippen LogP contribution in [0.2, 0.25) is 0 Å². The Hall–Kier alpha value is -3.35.